The van der Waals surface area contributed by atoms with Crippen LogP contribution in [-0.4, -0.2) is 35.5 Å². The van der Waals surface area contributed by atoms with Crippen LogP contribution in [0.25, 0.3) is 10.9 Å². The van der Waals surface area contributed by atoms with E-state index in [1.54, 1.807) is 7.11 Å². The Hall–Kier alpha value is -1.97. The van der Waals surface area contributed by atoms with E-state index in [2.05, 4.69) is 42.8 Å². The van der Waals surface area contributed by atoms with Crippen molar-refractivity contribution in [1.29, 1.82) is 0 Å². The van der Waals surface area contributed by atoms with E-state index >= 15 is 0 Å². The molecule has 3 rings (SSSR count). The van der Waals surface area contributed by atoms with Gasteiger partial charge < -0.3 is 14.6 Å². The Balaban J connectivity index is 1.86. The molecule has 0 saturated carbocycles. The Morgan fingerprint density at radius 3 is 2.92 bits per heavy atom. The van der Waals surface area contributed by atoms with Crippen LogP contribution in [0.15, 0.2) is 18.2 Å². The molecule has 0 aliphatic carbocycles. The molecular formula is C20H28N2O2. The summed E-state index contributed by atoms with van der Waals surface area (Å²) in [7, 11) is 1.70. The third-order valence-corrected chi connectivity index (χ3v) is 5.05. The molecule has 1 fully saturated rings. The number of fused-ring (bicyclic) bond motifs is 1. The summed E-state index contributed by atoms with van der Waals surface area (Å²) < 4.78 is 5.38. The largest absolute Gasteiger partial charge is 0.497 e. The summed E-state index contributed by atoms with van der Waals surface area (Å²) >= 11 is 0. The number of nitrogens with one attached hydrogen (secondary N) is 1. The van der Waals surface area contributed by atoms with Crippen molar-refractivity contribution < 1.29 is 9.53 Å². The van der Waals surface area contributed by atoms with Gasteiger partial charge in [-0.2, -0.15) is 0 Å². The number of hydrogen-bond donors (Lipinski definition) is 1. The number of aromatic amines is 1. The van der Waals surface area contributed by atoms with Crippen LogP contribution in [-0.2, 0) is 11.2 Å². The number of likely N-dealkylation sites (tertiary alicyclic amines) is 1. The van der Waals surface area contributed by atoms with E-state index in [1.807, 2.05) is 6.07 Å². The molecule has 0 radical (unpaired) electrons. The number of amides is 1. The minimum Gasteiger partial charge on any atom is -0.497 e. The monoisotopic (exact) mass is 328 g/mol. The summed E-state index contributed by atoms with van der Waals surface area (Å²) in [6, 6.07) is 6.47. The molecule has 1 aromatic carbocycles. The number of rotatable bonds is 5. The molecule has 24 heavy (non-hydrogen) atoms. The summed E-state index contributed by atoms with van der Waals surface area (Å²) in [6.45, 7) is 7.25. The van der Waals surface area contributed by atoms with Gasteiger partial charge in [-0.1, -0.05) is 13.8 Å². The van der Waals surface area contributed by atoms with Crippen LogP contribution < -0.4 is 4.74 Å². The number of aryl methyl sites for hydroxylation is 1. The second kappa shape index (κ2) is 6.88. The van der Waals surface area contributed by atoms with Gasteiger partial charge in [0.05, 0.1) is 7.11 Å². The van der Waals surface area contributed by atoms with Gasteiger partial charge in [0.15, 0.2) is 0 Å². The number of H-pyrrole nitrogens is 1. The first-order valence-corrected chi connectivity index (χ1v) is 8.94. The molecule has 2 aromatic rings. The maximum Gasteiger partial charge on any atom is 0.223 e. The van der Waals surface area contributed by atoms with Gasteiger partial charge >= 0.3 is 0 Å². The molecule has 1 aliphatic heterocycles. The highest BCUT2D eigenvalue weighted by atomic mass is 16.5. The van der Waals surface area contributed by atoms with Crippen LogP contribution in [0.4, 0.5) is 0 Å². The van der Waals surface area contributed by atoms with Crippen molar-refractivity contribution >= 4 is 16.8 Å². The Labute approximate surface area is 144 Å². The van der Waals surface area contributed by atoms with Gasteiger partial charge in [0, 0.05) is 35.6 Å². The fourth-order valence-electron chi connectivity index (χ4n) is 3.83. The van der Waals surface area contributed by atoms with Crippen LogP contribution in [0.5, 0.6) is 5.75 Å². The molecule has 1 unspecified atom stereocenters. The van der Waals surface area contributed by atoms with Crippen molar-refractivity contribution in [3.05, 3.63) is 29.5 Å². The van der Waals surface area contributed by atoms with E-state index in [9.17, 15) is 4.79 Å². The van der Waals surface area contributed by atoms with E-state index in [1.165, 1.54) is 16.6 Å². The summed E-state index contributed by atoms with van der Waals surface area (Å²) in [5.41, 5.74) is 3.65. The lowest BCUT2D eigenvalue weighted by molar-refractivity contribution is -0.132. The average molecular weight is 328 g/mol. The highest BCUT2D eigenvalue weighted by Gasteiger charge is 2.30. The highest BCUT2D eigenvalue weighted by Crippen LogP contribution is 2.30. The molecule has 1 N–H and O–H groups in total. The Bertz CT molecular complexity index is 733. The lowest BCUT2D eigenvalue weighted by Gasteiger charge is -2.26. The lowest BCUT2D eigenvalue weighted by Crippen LogP contribution is -2.37. The second-order valence-electron chi connectivity index (χ2n) is 7.33. The zero-order chi connectivity index (χ0) is 17.3. The van der Waals surface area contributed by atoms with Crippen molar-refractivity contribution in [2.24, 2.45) is 5.92 Å². The number of methoxy groups -OCH3 is 1. The number of carbonyl (C=O) groups is 1. The van der Waals surface area contributed by atoms with Crippen molar-refractivity contribution in [2.75, 3.05) is 13.7 Å². The first-order chi connectivity index (χ1) is 11.5. The first-order valence-electron chi connectivity index (χ1n) is 8.94. The van der Waals surface area contributed by atoms with Gasteiger partial charge in [-0.05, 0) is 55.9 Å². The SMILES string of the molecule is COc1ccc2[nH]c(C)c(CC3CCCN3C(=O)CC(C)C)c2c1. The Kier molecular flexibility index (Phi) is 4.83. The number of aromatic nitrogens is 1. The smallest absolute Gasteiger partial charge is 0.223 e. The van der Waals surface area contributed by atoms with Gasteiger partial charge in [0.25, 0.3) is 0 Å². The Morgan fingerprint density at radius 2 is 2.21 bits per heavy atom. The van der Waals surface area contributed by atoms with Crippen molar-refractivity contribution in [2.45, 2.75) is 52.5 Å². The van der Waals surface area contributed by atoms with Gasteiger partial charge in [-0.3, -0.25) is 4.79 Å². The quantitative estimate of drug-likeness (QED) is 0.899. The Morgan fingerprint density at radius 1 is 1.42 bits per heavy atom. The van der Waals surface area contributed by atoms with Gasteiger partial charge in [0.1, 0.15) is 5.75 Å². The van der Waals surface area contributed by atoms with Crippen LogP contribution in [0.1, 0.15) is 44.4 Å². The molecule has 0 bridgehead atoms. The van der Waals surface area contributed by atoms with E-state index in [0.717, 1.165) is 37.1 Å². The van der Waals surface area contributed by atoms with Crippen LogP contribution in [0.2, 0.25) is 0 Å². The number of ether oxygens (including phenoxy) is 1. The van der Waals surface area contributed by atoms with E-state index in [4.69, 9.17) is 4.74 Å². The summed E-state index contributed by atoms with van der Waals surface area (Å²) in [4.78, 5) is 18.1. The van der Waals surface area contributed by atoms with E-state index in [0.29, 0.717) is 24.3 Å². The topological polar surface area (TPSA) is 45.3 Å². The third kappa shape index (κ3) is 3.28. The molecule has 1 aliphatic rings. The molecule has 4 heteroatoms. The number of hydrogen-bond acceptors (Lipinski definition) is 2. The molecule has 1 atom stereocenters. The third-order valence-electron chi connectivity index (χ3n) is 5.05. The van der Waals surface area contributed by atoms with E-state index < -0.39 is 0 Å². The summed E-state index contributed by atoms with van der Waals surface area (Å²) in [5, 5.41) is 1.22. The molecule has 4 nitrogen and oxygen atoms in total. The standard InChI is InChI=1S/C20H28N2O2/c1-13(2)10-20(23)22-9-5-6-15(22)11-17-14(3)21-19-8-7-16(24-4)12-18(17)19/h7-8,12-13,15,21H,5-6,9-11H2,1-4H3. The summed E-state index contributed by atoms with van der Waals surface area (Å²) in [6.07, 6.45) is 3.78. The number of benzene rings is 1. The average Bonchev–Trinajstić information content (AvgIpc) is 3.12. The van der Waals surface area contributed by atoms with Gasteiger partial charge in [-0.25, -0.2) is 0 Å². The maximum absolute atomic E-state index is 12.5. The molecule has 1 saturated heterocycles. The van der Waals surface area contributed by atoms with Crippen molar-refractivity contribution in [1.82, 2.24) is 9.88 Å². The predicted molar refractivity (Wildman–Crippen MR) is 97.5 cm³/mol. The van der Waals surface area contributed by atoms with Crippen molar-refractivity contribution in [3.8, 4) is 5.75 Å². The summed E-state index contributed by atoms with van der Waals surface area (Å²) in [5.74, 6) is 1.60. The van der Waals surface area contributed by atoms with Crippen molar-refractivity contribution in [3.63, 3.8) is 0 Å². The normalized spacial score (nSPS) is 17.9. The minimum absolute atomic E-state index is 0.308. The van der Waals surface area contributed by atoms with Gasteiger partial charge in [0.2, 0.25) is 5.91 Å². The molecule has 130 valence electrons. The molecule has 1 amide bonds. The lowest BCUT2D eigenvalue weighted by atomic mass is 10.00. The van der Waals surface area contributed by atoms with Crippen LogP contribution >= 0.6 is 0 Å². The fraction of sp³-hybridized carbons (Fsp3) is 0.550. The molecule has 0 spiro atoms. The zero-order valence-electron chi connectivity index (χ0n) is 15.2. The first kappa shape index (κ1) is 16.9. The molecule has 1 aromatic heterocycles. The predicted octanol–water partition coefficient (Wildman–Crippen LogP) is 4.06. The van der Waals surface area contributed by atoms with Gasteiger partial charge in [-0.15, -0.1) is 0 Å². The maximum atomic E-state index is 12.5. The fourth-order valence-corrected chi connectivity index (χ4v) is 3.83. The molecular weight excluding hydrogens is 300 g/mol. The van der Waals surface area contributed by atoms with E-state index in [-0.39, 0.29) is 0 Å². The number of carbonyl (C=O) groups excluding carboxylic acids is 1. The zero-order valence-corrected chi connectivity index (χ0v) is 15.2. The highest BCUT2D eigenvalue weighted by molar-refractivity contribution is 5.86. The number of nitrogens with zero attached hydrogens (tertiary/aromatic N) is 1. The minimum atomic E-state index is 0.308. The second-order valence-corrected chi connectivity index (χ2v) is 7.33. The van der Waals surface area contributed by atoms with Crippen LogP contribution in [0, 0.1) is 12.8 Å². The van der Waals surface area contributed by atoms with Crippen LogP contribution in [0.3, 0.4) is 0 Å². The molecule has 2 heterocycles.